The molecule has 584 valence electrons. The van der Waals surface area contributed by atoms with E-state index in [4.69, 9.17) is 89.0 Å². The van der Waals surface area contributed by atoms with Gasteiger partial charge in [-0.1, -0.05) is 121 Å². The highest BCUT2D eigenvalue weighted by Crippen LogP contribution is 2.39. The van der Waals surface area contributed by atoms with Crippen LogP contribution < -0.4 is 18.9 Å². The zero-order valence-electron chi connectivity index (χ0n) is 60.2. The molecule has 9 heterocycles. The highest BCUT2D eigenvalue weighted by molar-refractivity contribution is 6.31. The largest absolute Gasteiger partial charge is 0.505 e. The van der Waals surface area contributed by atoms with Crippen molar-refractivity contribution in [3.05, 3.63) is 178 Å². The Morgan fingerprint density at radius 3 is 1.29 bits per heavy atom. The Labute approximate surface area is 646 Å². The molecule has 9 fully saturated rings. The van der Waals surface area contributed by atoms with Crippen LogP contribution in [-0.2, 0) is 47.7 Å². The van der Waals surface area contributed by atoms with Crippen LogP contribution in [0.4, 0.5) is 0 Å². The smallest absolute Gasteiger partial charge is 0.306 e. The summed E-state index contributed by atoms with van der Waals surface area (Å²) in [5, 5.41) is 52.4. The Morgan fingerprint density at radius 1 is 0.514 bits per heavy atom. The minimum atomic E-state index is -0.736. The summed E-state index contributed by atoms with van der Waals surface area (Å²) in [5.41, 5.74) is 0. The first-order valence-corrected chi connectivity index (χ1v) is 36.9. The molecule has 9 aliphatic rings. The van der Waals surface area contributed by atoms with E-state index in [9.17, 15) is 49.5 Å². The van der Waals surface area contributed by atoms with E-state index in [1.54, 1.807) is 129 Å². The lowest BCUT2D eigenvalue weighted by Gasteiger charge is -2.21. The number of benzene rings is 4. The summed E-state index contributed by atoms with van der Waals surface area (Å²) in [7, 11) is 11.4. The van der Waals surface area contributed by atoms with E-state index in [1.807, 2.05) is 70.5 Å². The second-order valence-electron chi connectivity index (χ2n) is 27.8. The van der Waals surface area contributed by atoms with Crippen LogP contribution in [0, 0.1) is 29.6 Å². The summed E-state index contributed by atoms with van der Waals surface area (Å²) in [4.78, 5) is 66.7. The predicted octanol–water partition coefficient (Wildman–Crippen LogP) is 8.19. The molecule has 0 bridgehead atoms. The molecule has 28 heteroatoms. The zero-order chi connectivity index (χ0) is 76.1. The Kier molecular flexibility index (Phi) is 33.4. The molecule has 107 heavy (non-hydrogen) atoms. The number of β-amino-alcohol motifs (C(OH)–C–C–N with tert-alkyl or cyclic N) is 1. The molecule has 9 aliphatic heterocycles. The number of carbonyl (C=O) groups is 5. The third-order valence-electron chi connectivity index (χ3n) is 20.0. The molecule has 13 rings (SSSR count). The van der Waals surface area contributed by atoms with Gasteiger partial charge in [0, 0.05) is 113 Å². The highest BCUT2D eigenvalue weighted by Gasteiger charge is 2.50. The fourth-order valence-electron chi connectivity index (χ4n) is 14.8. The van der Waals surface area contributed by atoms with Gasteiger partial charge in [0.2, 0.25) is 0 Å². The number of ketones is 1. The first kappa shape index (κ1) is 85.7. The maximum Gasteiger partial charge on any atom is 0.306 e. The van der Waals surface area contributed by atoms with E-state index in [-0.39, 0.29) is 142 Å². The summed E-state index contributed by atoms with van der Waals surface area (Å²) < 4.78 is 48.0. The summed E-state index contributed by atoms with van der Waals surface area (Å²) in [6.45, 7) is 3.96. The number of hydrogen-bond donors (Lipinski definition) is 5. The predicted molar refractivity (Wildman–Crippen MR) is 405 cm³/mol. The SMILES string of the molecule is C.CN1C[C@@H]2OC(=O)C[C@@H]2[C@H]1/C=C/C(=O)COc1cccc(Cl)c1.CN1C[C@@H]2OC(=O)C[C@@H]2[C@H]1/C=C/[C@@H](O)COc1cccc(Cl)c1.CN1C[C@@H]2OC(=O)C[C@@H]2[C@H]1C=O.CN1C[C@@H]2OC(O)C[C@@H]2[C@H]1/C=C/[C@@H](O)COc1cccc(Cl)c1.COC=CC[C@H]1C(O)CN(C)[C@@H]1/C=C/C(O)COc1cccc(Cl)c1. The third kappa shape index (κ3) is 25.3. The number of likely N-dealkylation sites (N-methyl/N-ethyl adjacent to an activating group) is 5. The summed E-state index contributed by atoms with van der Waals surface area (Å²) in [6, 6.07) is 28.4. The number of hydrogen-bond acceptors (Lipinski definition) is 24. The van der Waals surface area contributed by atoms with Crippen molar-refractivity contribution in [3.8, 4) is 23.0 Å². The first-order chi connectivity index (χ1) is 50.8. The molecule has 3 unspecified atom stereocenters. The fourth-order valence-corrected chi connectivity index (χ4v) is 15.5. The second kappa shape index (κ2) is 41.7. The number of nitrogens with zero attached hydrogens (tertiary/aromatic N) is 5. The van der Waals surface area contributed by atoms with E-state index in [0.29, 0.717) is 94.8 Å². The van der Waals surface area contributed by atoms with E-state index in [0.717, 1.165) is 19.4 Å². The summed E-state index contributed by atoms with van der Waals surface area (Å²) >= 11 is 23.5. The van der Waals surface area contributed by atoms with Gasteiger partial charge in [-0.05, 0) is 127 Å². The summed E-state index contributed by atoms with van der Waals surface area (Å²) in [6.07, 6.45) is 18.2. The van der Waals surface area contributed by atoms with Crippen LogP contribution in [0.5, 0.6) is 23.0 Å². The number of methoxy groups -OCH3 is 1. The van der Waals surface area contributed by atoms with Crippen LogP contribution in [0.25, 0.3) is 0 Å². The van der Waals surface area contributed by atoms with Crippen molar-refractivity contribution in [2.45, 2.75) is 125 Å². The van der Waals surface area contributed by atoms with Crippen LogP contribution in [-0.4, -0.2) is 267 Å². The molecular weight excluding hydrogens is 1460 g/mol. The minimum absolute atomic E-state index is 0. The van der Waals surface area contributed by atoms with Crippen molar-refractivity contribution in [2.24, 2.45) is 29.6 Å². The van der Waals surface area contributed by atoms with Gasteiger partial charge in [-0.15, -0.1) is 0 Å². The van der Waals surface area contributed by atoms with Crippen molar-refractivity contribution >= 4 is 76.4 Å². The number of ether oxygens (including phenoxy) is 9. The quantitative estimate of drug-likeness (QED) is 0.0110. The van der Waals surface area contributed by atoms with Crippen LogP contribution in [0.15, 0.2) is 158 Å². The number of likely N-dealkylation sites (tertiary alicyclic amines) is 5. The van der Waals surface area contributed by atoms with Crippen molar-refractivity contribution in [1.29, 1.82) is 0 Å². The third-order valence-corrected chi connectivity index (χ3v) is 21.0. The fraction of sp³-hybridized carbons (Fsp3) is 0.506. The highest BCUT2D eigenvalue weighted by atomic mass is 35.5. The van der Waals surface area contributed by atoms with Gasteiger partial charge < -0.3 is 73.0 Å². The molecule has 5 N–H and O–H groups in total. The molecule has 9 saturated heterocycles. The number of rotatable bonds is 24. The Balaban J connectivity index is 0.000000171. The van der Waals surface area contributed by atoms with E-state index in [2.05, 4.69) is 19.6 Å². The van der Waals surface area contributed by atoms with Crippen molar-refractivity contribution < 1.29 is 92.1 Å². The number of aliphatic hydroxyl groups is 5. The van der Waals surface area contributed by atoms with Crippen molar-refractivity contribution in [3.63, 3.8) is 0 Å². The molecule has 4 aromatic rings. The average Bonchev–Trinajstić information content (AvgIpc) is 1.68. The average molecular weight is 1570 g/mol. The van der Waals surface area contributed by atoms with Gasteiger partial charge >= 0.3 is 17.9 Å². The van der Waals surface area contributed by atoms with Crippen LogP contribution in [0.1, 0.15) is 39.5 Å². The van der Waals surface area contributed by atoms with Crippen LogP contribution >= 0.6 is 46.4 Å². The number of aliphatic hydroxyl groups excluding tert-OH is 5. The van der Waals surface area contributed by atoms with Crippen molar-refractivity contribution in [2.75, 3.05) is 101 Å². The standard InChI is InChI=1S/C19H26ClNO4.C17H22ClNO4.C17H20ClNO4.C17H18ClNO4.C8H11NO3.CH4/c1-21-12-19(23)17(7-4-10-24-2)18(21)9-8-15(22)13-25-16-6-3-5-14(20)11-16;3*1-19-9-16-14(8-17(21)23-16)15(19)6-5-12(20)10-22-13-4-2-3-11(18)7-13;1-9-3-7-5(6(9)4-10)2-8(11)12-7;/h3-6,8-11,15,17-19,22-23H,7,12-13H2,1-2H3;2-7,12,14-17,20-21H,8-10H2,1H3;2-7,12,14-16,20H,8-10H2,1H3;2-7,14-16H,8-10H2,1H3;4-7H,2-3H2,1H3;1H4/b9-8+,10-4?;3*6-5+;;/t15?,17-,18-,19?;12-,14-,15-,16+,17?;12-,14-,15-,16+;14-,15-,16+;5-,6-,7+;/m11111./s1. The topological polar surface area (TPSA) is 286 Å². The first-order valence-electron chi connectivity index (χ1n) is 35.4. The van der Waals surface area contributed by atoms with E-state index >= 15 is 0 Å². The second-order valence-corrected chi connectivity index (χ2v) is 29.6. The maximum atomic E-state index is 12.0. The number of carbonyl (C=O) groups excluding carboxylic acids is 5. The molecule has 19 atom stereocenters. The molecule has 24 nitrogen and oxygen atoms in total. The molecule has 0 spiro atoms. The Morgan fingerprint density at radius 2 is 0.879 bits per heavy atom. The number of halogens is 4. The van der Waals surface area contributed by atoms with Gasteiger partial charge in [0.25, 0.3) is 0 Å². The Bertz CT molecular complexity index is 3700. The normalized spacial score (nSPS) is 29.6. The molecule has 4 aromatic carbocycles. The maximum absolute atomic E-state index is 12.0. The number of esters is 3. The molecule has 0 aliphatic carbocycles. The van der Waals surface area contributed by atoms with Gasteiger partial charge in [0.15, 0.2) is 18.7 Å². The monoisotopic (exact) mass is 1560 g/mol. The molecule has 0 amide bonds. The number of aldehydes is 1. The lowest BCUT2D eigenvalue weighted by Crippen LogP contribution is -2.31. The van der Waals surface area contributed by atoms with Gasteiger partial charge in [0.05, 0.1) is 50.9 Å². The van der Waals surface area contributed by atoms with E-state index in [1.165, 1.54) is 6.08 Å². The molecule has 0 saturated carbocycles. The molecule has 0 radical (unpaired) electrons. The molecule has 0 aromatic heterocycles. The number of fused-ring (bicyclic) bond motifs is 4. The Hall–Kier alpha value is -6.95. The van der Waals surface area contributed by atoms with Gasteiger partial charge in [-0.3, -0.25) is 43.7 Å². The lowest BCUT2D eigenvalue weighted by atomic mass is 9.94. The van der Waals surface area contributed by atoms with Crippen LogP contribution in [0.2, 0.25) is 20.1 Å². The van der Waals surface area contributed by atoms with E-state index < -0.39 is 30.7 Å². The van der Waals surface area contributed by atoms with Gasteiger partial charge in [-0.25, -0.2) is 0 Å². The minimum Gasteiger partial charge on any atom is -0.505 e. The van der Waals surface area contributed by atoms with Gasteiger partial charge in [0.1, 0.15) is 85.7 Å². The van der Waals surface area contributed by atoms with Gasteiger partial charge in [-0.2, -0.15) is 0 Å². The van der Waals surface area contributed by atoms with Crippen molar-refractivity contribution in [1.82, 2.24) is 24.5 Å². The zero-order valence-corrected chi connectivity index (χ0v) is 63.2. The number of allylic oxidation sites excluding steroid dienone is 1. The summed E-state index contributed by atoms with van der Waals surface area (Å²) in [5.74, 6) is 2.60. The molecular formula is C79H101Cl4N5O19. The van der Waals surface area contributed by atoms with Crippen LogP contribution in [0.3, 0.4) is 0 Å². The lowest BCUT2D eigenvalue weighted by molar-refractivity contribution is -0.142.